The van der Waals surface area contributed by atoms with Gasteiger partial charge < -0.3 is 19.4 Å². The zero-order chi connectivity index (χ0) is 23.8. The second-order valence-corrected chi connectivity index (χ2v) is 8.42. The van der Waals surface area contributed by atoms with Crippen LogP contribution >= 0.6 is 0 Å². The fourth-order valence-electron chi connectivity index (χ4n) is 4.76. The first-order valence-electron chi connectivity index (χ1n) is 11.1. The normalized spacial score (nSPS) is 18.8. The lowest BCUT2D eigenvalue weighted by molar-refractivity contribution is -0.138. The molecule has 4 rings (SSSR count). The standard InChI is InChI=1S/C23H28F3N5O2/c1-4-33-22-27-11-17(12-28-22)29-8-7-18-19(14-29)21(6-5-20(18)23(24,25)26)30-9-10-31(16(3)32)15(2)13-30/h5-6,11-12,15H,4,7-10,13-14H2,1-3H3/t15-/m1/s1. The number of halogens is 3. The maximum absolute atomic E-state index is 13.8. The Balaban J connectivity index is 1.67. The van der Waals surface area contributed by atoms with E-state index in [0.717, 1.165) is 11.4 Å². The third-order valence-electron chi connectivity index (χ3n) is 6.32. The minimum absolute atomic E-state index is 0.0123. The van der Waals surface area contributed by atoms with E-state index in [0.29, 0.717) is 50.5 Å². The van der Waals surface area contributed by atoms with Gasteiger partial charge in [-0.2, -0.15) is 13.2 Å². The van der Waals surface area contributed by atoms with Gasteiger partial charge in [0.25, 0.3) is 0 Å². The first kappa shape index (κ1) is 23.1. The van der Waals surface area contributed by atoms with E-state index in [4.69, 9.17) is 4.74 Å². The van der Waals surface area contributed by atoms with E-state index in [9.17, 15) is 18.0 Å². The van der Waals surface area contributed by atoms with Crippen LogP contribution in [0.2, 0.25) is 0 Å². The number of rotatable bonds is 4. The number of fused-ring (bicyclic) bond motifs is 1. The molecule has 1 aromatic heterocycles. The molecular formula is C23H28F3N5O2. The van der Waals surface area contributed by atoms with Crippen LogP contribution in [0, 0.1) is 0 Å². The highest BCUT2D eigenvalue weighted by molar-refractivity contribution is 5.74. The van der Waals surface area contributed by atoms with Gasteiger partial charge in [0.05, 0.1) is 30.3 Å². The van der Waals surface area contributed by atoms with Crippen molar-refractivity contribution >= 4 is 17.3 Å². The highest BCUT2D eigenvalue weighted by atomic mass is 19.4. The van der Waals surface area contributed by atoms with Crippen LogP contribution in [0.25, 0.3) is 0 Å². The van der Waals surface area contributed by atoms with Crippen LogP contribution in [0.4, 0.5) is 24.5 Å². The Labute approximate surface area is 191 Å². The van der Waals surface area contributed by atoms with Gasteiger partial charge in [-0.15, -0.1) is 0 Å². The van der Waals surface area contributed by atoms with Gasteiger partial charge in [-0.3, -0.25) is 4.79 Å². The molecule has 1 amide bonds. The van der Waals surface area contributed by atoms with Gasteiger partial charge in [-0.25, -0.2) is 9.97 Å². The summed E-state index contributed by atoms with van der Waals surface area (Å²) in [5, 5.41) is 0. The second kappa shape index (κ2) is 9.07. The highest BCUT2D eigenvalue weighted by Crippen LogP contribution is 2.40. The zero-order valence-electron chi connectivity index (χ0n) is 19.0. The Morgan fingerprint density at radius 3 is 2.45 bits per heavy atom. The van der Waals surface area contributed by atoms with Crippen molar-refractivity contribution in [3.63, 3.8) is 0 Å². The summed E-state index contributed by atoms with van der Waals surface area (Å²) in [5.74, 6) is 0.0123. The first-order valence-corrected chi connectivity index (χ1v) is 11.1. The van der Waals surface area contributed by atoms with Crippen molar-refractivity contribution in [3.8, 4) is 6.01 Å². The molecule has 178 valence electrons. The third kappa shape index (κ3) is 4.69. The summed E-state index contributed by atoms with van der Waals surface area (Å²) in [6, 6.07) is 3.03. The predicted molar refractivity (Wildman–Crippen MR) is 118 cm³/mol. The van der Waals surface area contributed by atoms with Crippen LogP contribution in [0.3, 0.4) is 0 Å². The van der Waals surface area contributed by atoms with Crippen molar-refractivity contribution in [2.45, 2.75) is 46.0 Å². The average molecular weight is 464 g/mol. The molecule has 0 bridgehead atoms. The summed E-state index contributed by atoms with van der Waals surface area (Å²) in [6.07, 6.45) is -0.851. The third-order valence-corrected chi connectivity index (χ3v) is 6.32. The van der Waals surface area contributed by atoms with Gasteiger partial charge in [0, 0.05) is 51.4 Å². The molecule has 1 fully saturated rings. The largest absolute Gasteiger partial charge is 0.464 e. The van der Waals surface area contributed by atoms with Gasteiger partial charge >= 0.3 is 12.2 Å². The molecule has 0 spiro atoms. The molecule has 1 atom stereocenters. The summed E-state index contributed by atoms with van der Waals surface area (Å²) >= 11 is 0. The number of carbonyl (C=O) groups is 1. The van der Waals surface area contributed by atoms with Crippen molar-refractivity contribution < 1.29 is 22.7 Å². The molecule has 0 radical (unpaired) electrons. The van der Waals surface area contributed by atoms with Gasteiger partial charge in [0.15, 0.2) is 0 Å². The van der Waals surface area contributed by atoms with Crippen molar-refractivity contribution in [2.24, 2.45) is 0 Å². The number of hydrogen-bond donors (Lipinski definition) is 0. The number of piperazine rings is 1. The highest BCUT2D eigenvalue weighted by Gasteiger charge is 2.37. The van der Waals surface area contributed by atoms with Crippen LogP contribution < -0.4 is 14.5 Å². The lowest BCUT2D eigenvalue weighted by Crippen LogP contribution is -2.54. The summed E-state index contributed by atoms with van der Waals surface area (Å²) < 4.78 is 46.6. The van der Waals surface area contributed by atoms with E-state index in [1.54, 1.807) is 30.3 Å². The van der Waals surface area contributed by atoms with Crippen LogP contribution in [0.1, 0.15) is 37.5 Å². The Morgan fingerprint density at radius 1 is 1.12 bits per heavy atom. The van der Waals surface area contributed by atoms with Gasteiger partial charge in [-0.1, -0.05) is 0 Å². The Morgan fingerprint density at radius 2 is 1.85 bits per heavy atom. The molecule has 0 N–H and O–H groups in total. The molecule has 2 aromatic rings. The SMILES string of the molecule is CCOc1ncc(N2CCc3c(C(F)(F)F)ccc(N4CCN(C(C)=O)[C@H](C)C4)c3C2)cn1. The number of amides is 1. The van der Waals surface area contributed by atoms with E-state index >= 15 is 0 Å². The summed E-state index contributed by atoms with van der Waals surface area (Å²) in [6.45, 7) is 8.26. The number of anilines is 2. The van der Waals surface area contributed by atoms with Crippen LogP contribution in [0.15, 0.2) is 24.5 Å². The van der Waals surface area contributed by atoms with Crippen LogP contribution in [-0.4, -0.2) is 59.6 Å². The smallest absolute Gasteiger partial charge is 0.416 e. The lowest BCUT2D eigenvalue weighted by Gasteiger charge is -2.43. The van der Waals surface area contributed by atoms with E-state index in [1.165, 1.54) is 6.07 Å². The van der Waals surface area contributed by atoms with E-state index in [2.05, 4.69) is 14.9 Å². The minimum Gasteiger partial charge on any atom is -0.464 e. The number of aromatic nitrogens is 2. The van der Waals surface area contributed by atoms with Gasteiger partial charge in [0.2, 0.25) is 5.91 Å². The van der Waals surface area contributed by atoms with Crippen molar-refractivity contribution in [2.75, 3.05) is 42.6 Å². The number of benzene rings is 1. The Hall–Kier alpha value is -3.04. The number of alkyl halides is 3. The average Bonchev–Trinajstić information content (AvgIpc) is 2.77. The second-order valence-electron chi connectivity index (χ2n) is 8.42. The molecule has 2 aliphatic rings. The number of carbonyl (C=O) groups excluding carboxylic acids is 1. The van der Waals surface area contributed by atoms with Crippen LogP contribution in [-0.2, 0) is 23.9 Å². The molecule has 0 aliphatic carbocycles. The number of hydrogen-bond acceptors (Lipinski definition) is 6. The Bertz CT molecular complexity index is 1010. The Kier molecular flexibility index (Phi) is 6.36. The minimum atomic E-state index is -4.41. The first-order chi connectivity index (χ1) is 15.7. The van der Waals surface area contributed by atoms with E-state index < -0.39 is 11.7 Å². The molecule has 33 heavy (non-hydrogen) atoms. The molecule has 1 saturated heterocycles. The summed E-state index contributed by atoms with van der Waals surface area (Å²) in [7, 11) is 0. The molecule has 7 nitrogen and oxygen atoms in total. The molecule has 0 unspecified atom stereocenters. The summed E-state index contributed by atoms with van der Waals surface area (Å²) in [4.78, 5) is 26.2. The topological polar surface area (TPSA) is 61.8 Å². The predicted octanol–water partition coefficient (Wildman–Crippen LogP) is 3.51. The molecule has 0 saturated carbocycles. The molecule has 10 heteroatoms. The quantitative estimate of drug-likeness (QED) is 0.692. The monoisotopic (exact) mass is 463 g/mol. The van der Waals surface area contributed by atoms with Gasteiger partial charge in [0.1, 0.15) is 0 Å². The molecule has 1 aromatic carbocycles. The summed E-state index contributed by atoms with van der Waals surface area (Å²) in [5.41, 5.74) is 1.99. The maximum Gasteiger partial charge on any atom is 0.416 e. The molecule has 2 aliphatic heterocycles. The van der Waals surface area contributed by atoms with Crippen LogP contribution in [0.5, 0.6) is 6.01 Å². The number of nitrogens with zero attached hydrogens (tertiary/aromatic N) is 5. The fourth-order valence-corrected chi connectivity index (χ4v) is 4.76. The van der Waals surface area contributed by atoms with E-state index in [1.807, 2.05) is 18.7 Å². The maximum atomic E-state index is 13.8. The fraction of sp³-hybridized carbons (Fsp3) is 0.522. The zero-order valence-corrected chi connectivity index (χ0v) is 19.0. The van der Waals surface area contributed by atoms with Crippen molar-refractivity contribution in [3.05, 3.63) is 41.2 Å². The lowest BCUT2D eigenvalue weighted by atomic mass is 9.91. The van der Waals surface area contributed by atoms with Crippen molar-refractivity contribution in [1.29, 1.82) is 0 Å². The van der Waals surface area contributed by atoms with Gasteiger partial charge in [-0.05, 0) is 43.5 Å². The number of ether oxygens (including phenoxy) is 1. The molecular weight excluding hydrogens is 435 g/mol. The van der Waals surface area contributed by atoms with E-state index in [-0.39, 0.29) is 24.4 Å². The molecule has 3 heterocycles. The van der Waals surface area contributed by atoms with Crippen molar-refractivity contribution in [1.82, 2.24) is 14.9 Å².